The highest BCUT2D eigenvalue weighted by molar-refractivity contribution is 7.89. The highest BCUT2D eigenvalue weighted by atomic mass is 32.2. The van der Waals surface area contributed by atoms with Crippen molar-refractivity contribution >= 4 is 31.8 Å². The van der Waals surface area contributed by atoms with Crippen molar-refractivity contribution in [2.75, 3.05) is 7.11 Å². The topological polar surface area (TPSA) is 108 Å². The van der Waals surface area contributed by atoms with Crippen LogP contribution in [0, 0.1) is 11.6 Å². The molecule has 0 saturated carbocycles. The summed E-state index contributed by atoms with van der Waals surface area (Å²) in [7, 11) is -2.75. The fourth-order valence-corrected chi connectivity index (χ4v) is 3.66. The molecule has 0 unspecified atom stereocenters. The number of hydrogen-bond acceptors (Lipinski definition) is 6. The van der Waals surface area contributed by atoms with E-state index in [0.717, 1.165) is 5.39 Å². The van der Waals surface area contributed by atoms with Gasteiger partial charge in [0.25, 0.3) is 0 Å². The Hall–Kier alpha value is -3.24. The number of aromatic nitrogens is 3. The minimum absolute atomic E-state index is 0.203. The van der Waals surface area contributed by atoms with Crippen LogP contribution in [0.1, 0.15) is 11.3 Å². The zero-order valence-electron chi connectivity index (χ0n) is 15.1. The van der Waals surface area contributed by atoms with Gasteiger partial charge in [-0.2, -0.15) is 4.98 Å². The van der Waals surface area contributed by atoms with E-state index in [2.05, 4.69) is 15.0 Å². The van der Waals surface area contributed by atoms with E-state index in [1.165, 1.54) is 13.3 Å². The van der Waals surface area contributed by atoms with E-state index in [9.17, 15) is 17.2 Å². The summed E-state index contributed by atoms with van der Waals surface area (Å²) in [6, 6.07) is 6.53. The Bertz CT molecular complexity index is 1350. The molecule has 0 aliphatic heterocycles. The summed E-state index contributed by atoms with van der Waals surface area (Å²) in [6.07, 6.45) is 2.90. The normalized spacial score (nSPS) is 11.9. The van der Waals surface area contributed by atoms with Gasteiger partial charge in [0.05, 0.1) is 17.7 Å². The molecule has 3 aromatic heterocycles. The SMILES string of the molecule is COc1ccc2c(ncc3ccnc(Cc4c(F)cc(S(N)(=O)=O)cc4F)c32)n1. The molecule has 0 spiro atoms. The number of methoxy groups -OCH3 is 1. The third kappa shape index (κ3) is 3.47. The quantitative estimate of drug-likeness (QED) is 0.513. The Balaban J connectivity index is 1.90. The highest BCUT2D eigenvalue weighted by Gasteiger charge is 2.19. The largest absolute Gasteiger partial charge is 0.481 e. The molecule has 148 valence electrons. The third-order valence-electron chi connectivity index (χ3n) is 4.50. The zero-order valence-corrected chi connectivity index (χ0v) is 15.9. The standard InChI is InChI=1S/C19H14F2N4O3S/c1-28-17-3-2-12-18-10(9-24-19(12)25-17)4-5-23-16(18)8-13-14(20)6-11(7-15(13)21)29(22,26)27/h2-7,9H,8H2,1H3,(H2,22,26,27). The lowest BCUT2D eigenvalue weighted by Crippen LogP contribution is -2.14. The fourth-order valence-electron chi connectivity index (χ4n) is 3.12. The average molecular weight is 416 g/mol. The number of hydrogen-bond donors (Lipinski definition) is 1. The average Bonchev–Trinajstić information content (AvgIpc) is 2.69. The van der Waals surface area contributed by atoms with Crippen LogP contribution < -0.4 is 9.88 Å². The van der Waals surface area contributed by atoms with Crippen molar-refractivity contribution in [3.63, 3.8) is 0 Å². The van der Waals surface area contributed by atoms with Crippen molar-refractivity contribution in [3.8, 4) is 5.88 Å². The first-order valence-corrected chi connectivity index (χ1v) is 9.90. The first kappa shape index (κ1) is 19.1. The van der Waals surface area contributed by atoms with Crippen molar-refractivity contribution in [2.45, 2.75) is 11.3 Å². The minimum atomic E-state index is -4.23. The summed E-state index contributed by atoms with van der Waals surface area (Å²) in [6.45, 7) is 0. The first-order valence-electron chi connectivity index (χ1n) is 8.36. The van der Waals surface area contributed by atoms with Gasteiger partial charge in [-0.1, -0.05) is 0 Å². The summed E-state index contributed by atoms with van der Waals surface area (Å²) in [5.74, 6) is -1.66. The summed E-state index contributed by atoms with van der Waals surface area (Å²) in [5.41, 5.74) is 0.475. The Morgan fingerprint density at radius 2 is 1.83 bits per heavy atom. The second kappa shape index (κ2) is 6.98. The smallest absolute Gasteiger partial charge is 0.238 e. The zero-order chi connectivity index (χ0) is 20.8. The van der Waals surface area contributed by atoms with Crippen molar-refractivity contribution in [1.29, 1.82) is 0 Å². The molecule has 4 rings (SSSR count). The molecule has 0 saturated heterocycles. The van der Waals surface area contributed by atoms with E-state index in [0.29, 0.717) is 40.1 Å². The van der Waals surface area contributed by atoms with Crippen LogP contribution in [0.25, 0.3) is 21.8 Å². The van der Waals surface area contributed by atoms with Gasteiger partial charge in [-0.15, -0.1) is 0 Å². The van der Waals surface area contributed by atoms with Gasteiger partial charge in [-0.05, 0) is 24.3 Å². The molecule has 0 bridgehead atoms. The Kier molecular flexibility index (Phi) is 4.59. The Morgan fingerprint density at radius 1 is 1.10 bits per heavy atom. The van der Waals surface area contributed by atoms with Gasteiger partial charge in [0.2, 0.25) is 15.9 Å². The molecule has 0 aliphatic carbocycles. The fraction of sp³-hybridized carbons (Fsp3) is 0.105. The third-order valence-corrected chi connectivity index (χ3v) is 5.40. The second-order valence-electron chi connectivity index (χ2n) is 6.29. The molecule has 4 aromatic rings. The van der Waals surface area contributed by atoms with E-state index in [-0.39, 0.29) is 12.0 Å². The molecule has 2 N–H and O–H groups in total. The molecule has 3 heterocycles. The molecular formula is C19H14F2N4O3S. The number of benzene rings is 1. The molecule has 29 heavy (non-hydrogen) atoms. The van der Waals surface area contributed by atoms with Crippen molar-refractivity contribution in [2.24, 2.45) is 5.14 Å². The van der Waals surface area contributed by atoms with Crippen molar-refractivity contribution < 1.29 is 21.9 Å². The van der Waals surface area contributed by atoms with Crippen molar-refractivity contribution in [3.05, 3.63) is 65.6 Å². The molecule has 0 amide bonds. The number of ether oxygens (including phenoxy) is 1. The number of halogens is 2. The van der Waals surface area contributed by atoms with Gasteiger partial charge in [0.1, 0.15) is 11.6 Å². The van der Waals surface area contributed by atoms with Gasteiger partial charge in [-0.25, -0.2) is 27.3 Å². The molecular weight excluding hydrogens is 402 g/mol. The maximum absolute atomic E-state index is 14.5. The maximum atomic E-state index is 14.5. The molecule has 7 nitrogen and oxygen atoms in total. The monoisotopic (exact) mass is 416 g/mol. The van der Waals surface area contributed by atoms with E-state index < -0.39 is 26.6 Å². The Morgan fingerprint density at radius 3 is 2.48 bits per heavy atom. The van der Waals surface area contributed by atoms with Crippen LogP contribution in [0.2, 0.25) is 0 Å². The van der Waals surface area contributed by atoms with Gasteiger partial charge < -0.3 is 4.74 Å². The number of fused-ring (bicyclic) bond motifs is 3. The second-order valence-corrected chi connectivity index (χ2v) is 7.85. The summed E-state index contributed by atoms with van der Waals surface area (Å²) in [5, 5.41) is 6.97. The Labute approximate surface area is 164 Å². The van der Waals surface area contributed by atoms with E-state index in [1.54, 1.807) is 24.4 Å². The lowest BCUT2D eigenvalue weighted by molar-refractivity contribution is 0.399. The number of sulfonamides is 1. The lowest BCUT2D eigenvalue weighted by Gasteiger charge is -2.11. The van der Waals surface area contributed by atoms with Crippen LogP contribution in [0.4, 0.5) is 8.78 Å². The predicted octanol–water partition coefficient (Wildman–Crippen LogP) is 2.70. The van der Waals surface area contributed by atoms with Gasteiger partial charge >= 0.3 is 0 Å². The first-order chi connectivity index (χ1) is 13.8. The highest BCUT2D eigenvalue weighted by Crippen LogP contribution is 2.29. The number of pyridine rings is 3. The van der Waals surface area contributed by atoms with E-state index >= 15 is 0 Å². The van der Waals surface area contributed by atoms with Crippen LogP contribution in [-0.4, -0.2) is 30.5 Å². The van der Waals surface area contributed by atoms with Crippen LogP contribution in [0.3, 0.4) is 0 Å². The molecule has 0 aliphatic rings. The summed E-state index contributed by atoms with van der Waals surface area (Å²) < 4.78 is 56.9. The summed E-state index contributed by atoms with van der Waals surface area (Å²) >= 11 is 0. The van der Waals surface area contributed by atoms with Gasteiger partial charge in [0.15, 0.2) is 5.65 Å². The van der Waals surface area contributed by atoms with Crippen LogP contribution in [0.15, 0.2) is 47.6 Å². The van der Waals surface area contributed by atoms with E-state index in [4.69, 9.17) is 9.88 Å². The molecule has 0 radical (unpaired) electrons. The maximum Gasteiger partial charge on any atom is 0.238 e. The predicted molar refractivity (Wildman–Crippen MR) is 102 cm³/mol. The number of nitrogens with zero attached hydrogens (tertiary/aromatic N) is 3. The lowest BCUT2D eigenvalue weighted by atomic mass is 10.0. The van der Waals surface area contributed by atoms with Crippen LogP contribution in [-0.2, 0) is 16.4 Å². The van der Waals surface area contributed by atoms with Crippen molar-refractivity contribution in [1.82, 2.24) is 15.0 Å². The van der Waals surface area contributed by atoms with Crippen LogP contribution in [0.5, 0.6) is 5.88 Å². The molecule has 0 atom stereocenters. The number of nitrogens with two attached hydrogens (primary N) is 1. The summed E-state index contributed by atoms with van der Waals surface area (Å²) in [4.78, 5) is 12.2. The van der Waals surface area contributed by atoms with Gasteiger partial charge in [-0.3, -0.25) is 4.98 Å². The molecule has 0 fully saturated rings. The molecule has 1 aromatic carbocycles. The van der Waals surface area contributed by atoms with Gasteiger partial charge in [0, 0.05) is 46.6 Å². The minimum Gasteiger partial charge on any atom is -0.481 e. The van der Waals surface area contributed by atoms with Crippen LogP contribution >= 0.6 is 0 Å². The number of primary sulfonamides is 1. The number of rotatable bonds is 4. The van der Waals surface area contributed by atoms with E-state index in [1.807, 2.05) is 0 Å². The molecule has 10 heteroatoms.